The molecule has 0 radical (unpaired) electrons. The second-order valence-corrected chi connectivity index (χ2v) is 3.69. The minimum absolute atomic E-state index is 0.257. The van der Waals surface area contributed by atoms with Crippen LogP contribution in [0.15, 0.2) is 33.5 Å². The van der Waals surface area contributed by atoms with Crippen molar-refractivity contribution >= 4 is 15.9 Å². The average Bonchev–Trinajstić information content (AvgIpc) is 2.50. The summed E-state index contributed by atoms with van der Waals surface area (Å²) in [7, 11) is 1.56. The van der Waals surface area contributed by atoms with Crippen LogP contribution in [0, 0.1) is 0 Å². The molecule has 0 aliphatic rings. The van der Waals surface area contributed by atoms with E-state index in [0.29, 0.717) is 5.69 Å². The molecule has 1 heterocycles. The summed E-state index contributed by atoms with van der Waals surface area (Å²) in [5.74, 6) is 0. The van der Waals surface area contributed by atoms with Crippen molar-refractivity contribution in [2.24, 2.45) is 7.05 Å². The molecule has 72 valence electrons. The topological polar surface area (TPSA) is 52.7 Å². The summed E-state index contributed by atoms with van der Waals surface area (Å²) < 4.78 is 3.38. The Labute approximate surface area is 88.1 Å². The summed E-state index contributed by atoms with van der Waals surface area (Å²) in [5.41, 5.74) is 0.443. The van der Waals surface area contributed by atoms with Crippen LogP contribution in [0.1, 0.15) is 0 Å². The number of benzene rings is 1. The maximum absolute atomic E-state index is 11.4. The van der Waals surface area contributed by atoms with Crippen LogP contribution in [0.2, 0.25) is 0 Å². The fraction of sp³-hybridized carbons (Fsp3) is 0.125. The first kappa shape index (κ1) is 9.14. The molecular weight excluding hydrogens is 248 g/mol. The van der Waals surface area contributed by atoms with Crippen molar-refractivity contribution in [3.05, 3.63) is 39.2 Å². The number of halogens is 1. The molecule has 6 heteroatoms. The molecule has 0 saturated carbocycles. The zero-order valence-corrected chi connectivity index (χ0v) is 8.97. The number of hydrogen-bond acceptors (Lipinski definition) is 3. The molecule has 5 nitrogen and oxygen atoms in total. The number of hydrogen-bond donors (Lipinski definition) is 0. The molecule has 0 fully saturated rings. The molecule has 1 aromatic carbocycles. The minimum atomic E-state index is -0.257. The number of aromatic nitrogens is 4. The van der Waals surface area contributed by atoms with Gasteiger partial charge in [0.25, 0.3) is 0 Å². The zero-order chi connectivity index (χ0) is 10.1. The lowest BCUT2D eigenvalue weighted by molar-refractivity contribution is 0.693. The first-order valence-corrected chi connectivity index (χ1v) is 4.73. The van der Waals surface area contributed by atoms with Crippen molar-refractivity contribution in [2.75, 3.05) is 0 Å². The van der Waals surface area contributed by atoms with E-state index in [1.54, 1.807) is 19.2 Å². The zero-order valence-electron chi connectivity index (χ0n) is 7.38. The number of tetrazole rings is 1. The Balaban J connectivity index is 2.55. The second-order valence-electron chi connectivity index (χ2n) is 2.77. The molecular formula is C8H7BrN4O. The Hall–Kier alpha value is -1.43. The first-order valence-electron chi connectivity index (χ1n) is 3.93. The van der Waals surface area contributed by atoms with Crippen LogP contribution < -0.4 is 5.69 Å². The molecule has 0 unspecified atom stereocenters. The third kappa shape index (κ3) is 1.48. The van der Waals surface area contributed by atoms with Crippen LogP contribution in [0.4, 0.5) is 0 Å². The molecule has 0 atom stereocenters. The van der Waals surface area contributed by atoms with Crippen molar-refractivity contribution in [1.29, 1.82) is 0 Å². The van der Waals surface area contributed by atoms with Gasteiger partial charge in [-0.15, -0.1) is 0 Å². The van der Waals surface area contributed by atoms with Gasteiger partial charge in [0.2, 0.25) is 0 Å². The van der Waals surface area contributed by atoms with Crippen molar-refractivity contribution in [3.63, 3.8) is 0 Å². The Bertz CT molecular complexity index is 499. The molecule has 2 aromatic rings. The molecule has 0 bridgehead atoms. The van der Waals surface area contributed by atoms with E-state index in [9.17, 15) is 4.79 Å². The summed E-state index contributed by atoms with van der Waals surface area (Å²) in [6.07, 6.45) is 0. The number of aryl methyl sites for hydroxylation is 1. The van der Waals surface area contributed by atoms with Gasteiger partial charge >= 0.3 is 5.69 Å². The molecule has 0 amide bonds. The average molecular weight is 255 g/mol. The van der Waals surface area contributed by atoms with E-state index in [4.69, 9.17) is 0 Å². The predicted molar refractivity (Wildman–Crippen MR) is 54.3 cm³/mol. The van der Waals surface area contributed by atoms with Crippen molar-refractivity contribution < 1.29 is 0 Å². The van der Waals surface area contributed by atoms with E-state index in [0.717, 1.165) is 4.47 Å². The second kappa shape index (κ2) is 3.38. The van der Waals surface area contributed by atoms with E-state index >= 15 is 0 Å². The van der Waals surface area contributed by atoms with Gasteiger partial charge in [-0.3, -0.25) is 0 Å². The lowest BCUT2D eigenvalue weighted by Crippen LogP contribution is -2.21. The Morgan fingerprint density at radius 1 is 1.21 bits per heavy atom. The molecule has 0 aliphatic carbocycles. The summed E-state index contributed by atoms with van der Waals surface area (Å²) in [5, 5.41) is 7.34. The first-order chi connectivity index (χ1) is 6.68. The molecule has 2 rings (SSSR count). The maximum atomic E-state index is 11.4. The SMILES string of the molecule is Cn1nnn(-c2ccc(Br)cc2)c1=O. The Morgan fingerprint density at radius 3 is 2.36 bits per heavy atom. The molecule has 0 saturated heterocycles. The van der Waals surface area contributed by atoms with Crippen molar-refractivity contribution in [2.45, 2.75) is 0 Å². The van der Waals surface area contributed by atoms with Gasteiger partial charge in [-0.25, -0.2) is 4.79 Å². The van der Waals surface area contributed by atoms with Crippen LogP contribution in [-0.2, 0) is 7.05 Å². The van der Waals surface area contributed by atoms with Crippen LogP contribution in [-0.4, -0.2) is 19.8 Å². The summed E-state index contributed by atoms with van der Waals surface area (Å²) in [6.45, 7) is 0. The van der Waals surface area contributed by atoms with Gasteiger partial charge in [0, 0.05) is 11.5 Å². The van der Waals surface area contributed by atoms with E-state index < -0.39 is 0 Å². The quantitative estimate of drug-likeness (QED) is 0.754. The summed E-state index contributed by atoms with van der Waals surface area (Å²) in [6, 6.07) is 7.27. The van der Waals surface area contributed by atoms with Crippen molar-refractivity contribution in [1.82, 2.24) is 19.8 Å². The third-order valence-corrected chi connectivity index (χ3v) is 2.32. The lowest BCUT2D eigenvalue weighted by atomic mass is 10.3. The molecule has 14 heavy (non-hydrogen) atoms. The van der Waals surface area contributed by atoms with Crippen LogP contribution >= 0.6 is 15.9 Å². The number of nitrogens with zero attached hydrogens (tertiary/aromatic N) is 4. The van der Waals surface area contributed by atoms with E-state index in [2.05, 4.69) is 26.4 Å². The molecule has 0 spiro atoms. The molecule has 1 aromatic heterocycles. The standard InChI is InChI=1S/C8H7BrN4O/c1-12-8(14)13(11-10-12)7-4-2-6(9)3-5-7/h2-5H,1H3. The normalized spacial score (nSPS) is 10.4. The van der Waals surface area contributed by atoms with E-state index in [1.165, 1.54) is 9.36 Å². The van der Waals surface area contributed by atoms with E-state index in [1.807, 2.05) is 12.1 Å². The largest absolute Gasteiger partial charge is 0.368 e. The lowest BCUT2D eigenvalue weighted by Gasteiger charge is -1.96. The minimum Gasteiger partial charge on any atom is -0.244 e. The smallest absolute Gasteiger partial charge is 0.244 e. The van der Waals surface area contributed by atoms with Crippen LogP contribution in [0.5, 0.6) is 0 Å². The van der Waals surface area contributed by atoms with Gasteiger partial charge in [0.1, 0.15) is 0 Å². The molecule has 0 N–H and O–H groups in total. The highest BCUT2D eigenvalue weighted by atomic mass is 79.9. The fourth-order valence-electron chi connectivity index (χ4n) is 1.06. The highest BCUT2D eigenvalue weighted by Crippen LogP contribution is 2.11. The van der Waals surface area contributed by atoms with Gasteiger partial charge in [0.15, 0.2) is 0 Å². The number of rotatable bonds is 1. The predicted octanol–water partition coefficient (Wildman–Crippen LogP) is 0.728. The van der Waals surface area contributed by atoms with Gasteiger partial charge in [-0.2, -0.15) is 9.36 Å². The van der Waals surface area contributed by atoms with Crippen LogP contribution in [0.3, 0.4) is 0 Å². The summed E-state index contributed by atoms with van der Waals surface area (Å²) >= 11 is 3.31. The van der Waals surface area contributed by atoms with Gasteiger partial charge in [0.05, 0.1) is 5.69 Å². The van der Waals surface area contributed by atoms with Crippen molar-refractivity contribution in [3.8, 4) is 5.69 Å². The van der Waals surface area contributed by atoms with Gasteiger partial charge in [-0.1, -0.05) is 15.9 Å². The Morgan fingerprint density at radius 2 is 1.86 bits per heavy atom. The Kier molecular flexibility index (Phi) is 2.20. The third-order valence-electron chi connectivity index (χ3n) is 1.79. The highest BCUT2D eigenvalue weighted by Gasteiger charge is 2.04. The fourth-order valence-corrected chi connectivity index (χ4v) is 1.32. The molecule has 0 aliphatic heterocycles. The van der Waals surface area contributed by atoms with Gasteiger partial charge in [-0.05, 0) is 34.7 Å². The maximum Gasteiger partial charge on any atom is 0.368 e. The highest BCUT2D eigenvalue weighted by molar-refractivity contribution is 9.10. The van der Waals surface area contributed by atoms with E-state index in [-0.39, 0.29) is 5.69 Å². The van der Waals surface area contributed by atoms with Gasteiger partial charge < -0.3 is 0 Å². The monoisotopic (exact) mass is 254 g/mol. The summed E-state index contributed by atoms with van der Waals surface area (Å²) in [4.78, 5) is 11.4. The van der Waals surface area contributed by atoms with Crippen LogP contribution in [0.25, 0.3) is 5.69 Å².